The molecule has 0 aliphatic heterocycles. The predicted octanol–water partition coefficient (Wildman–Crippen LogP) is 1.85. The predicted molar refractivity (Wildman–Crippen MR) is 46.9 cm³/mol. The van der Waals surface area contributed by atoms with Crippen LogP contribution in [0.2, 0.25) is 9.95 Å². The fraction of sp³-hybridized carbons (Fsp3) is 0.875. The van der Waals surface area contributed by atoms with Crippen LogP contribution < -0.4 is 0 Å². The molecule has 0 heterocycles. The van der Waals surface area contributed by atoms with Crippen LogP contribution >= 0.6 is 0 Å². The SMILES string of the molecule is CC[O][Ti]([CH3])([CH2]CN=C=O)[O]CC. The summed E-state index contributed by atoms with van der Waals surface area (Å²) in [5.74, 6) is 0. The monoisotopic (exact) mass is 223 g/mol. The maximum atomic E-state index is 9.85. The number of carbonyl (C=O) groups excluding carboxylic acids is 1. The first kappa shape index (κ1) is 13.0. The molecule has 0 radical (unpaired) electrons. The molecule has 0 saturated carbocycles. The third kappa shape index (κ3) is 6.13. The van der Waals surface area contributed by atoms with Crippen molar-refractivity contribution in [1.29, 1.82) is 0 Å². The molecular formula is C8H17NO3Ti. The van der Waals surface area contributed by atoms with E-state index in [2.05, 4.69) is 4.99 Å². The van der Waals surface area contributed by atoms with Gasteiger partial charge in [-0.1, -0.05) is 0 Å². The fourth-order valence-electron chi connectivity index (χ4n) is 1.10. The van der Waals surface area contributed by atoms with Gasteiger partial charge in [0.15, 0.2) is 0 Å². The van der Waals surface area contributed by atoms with E-state index in [1.807, 2.05) is 19.1 Å². The molecule has 5 heteroatoms. The Morgan fingerprint density at radius 3 is 2.23 bits per heavy atom. The Labute approximate surface area is 83.6 Å². The molecule has 0 N–H and O–H groups in total. The van der Waals surface area contributed by atoms with Gasteiger partial charge in [-0.25, -0.2) is 0 Å². The number of isocyanates is 1. The van der Waals surface area contributed by atoms with Crippen molar-refractivity contribution in [3.05, 3.63) is 0 Å². The minimum absolute atomic E-state index is 0.472. The Kier molecular flexibility index (Phi) is 7.43. The van der Waals surface area contributed by atoms with Gasteiger partial charge in [-0.3, -0.25) is 0 Å². The van der Waals surface area contributed by atoms with Crippen LogP contribution in [-0.4, -0.2) is 25.8 Å². The van der Waals surface area contributed by atoms with Gasteiger partial charge >= 0.3 is 83.4 Å². The van der Waals surface area contributed by atoms with Gasteiger partial charge < -0.3 is 0 Å². The first-order valence-electron chi connectivity index (χ1n) is 4.50. The average molecular weight is 223 g/mol. The second-order valence-electron chi connectivity index (χ2n) is 2.72. The number of hydrogen-bond acceptors (Lipinski definition) is 4. The van der Waals surface area contributed by atoms with E-state index >= 15 is 0 Å². The Hall–Kier alpha value is 0.0143. The van der Waals surface area contributed by atoms with Crippen LogP contribution in [0, 0.1) is 0 Å². The van der Waals surface area contributed by atoms with E-state index in [-0.39, 0.29) is 0 Å². The number of hydrogen-bond donors (Lipinski definition) is 0. The molecule has 0 aromatic carbocycles. The molecule has 0 fully saturated rings. The van der Waals surface area contributed by atoms with Crippen LogP contribution in [0.1, 0.15) is 13.8 Å². The van der Waals surface area contributed by atoms with Gasteiger partial charge in [-0.05, 0) is 0 Å². The van der Waals surface area contributed by atoms with E-state index in [1.165, 1.54) is 6.08 Å². The Morgan fingerprint density at radius 2 is 1.85 bits per heavy atom. The fourth-order valence-corrected chi connectivity index (χ4v) is 4.40. The molecule has 4 nitrogen and oxygen atoms in total. The Balaban J connectivity index is 3.97. The van der Waals surface area contributed by atoms with E-state index in [0.717, 1.165) is 4.73 Å². The summed E-state index contributed by atoms with van der Waals surface area (Å²) >= 11 is -2.56. The molecule has 0 aliphatic carbocycles. The summed E-state index contributed by atoms with van der Waals surface area (Å²) in [5, 5.41) is 2.04. The van der Waals surface area contributed by atoms with Crippen molar-refractivity contribution >= 4 is 6.08 Å². The molecule has 0 unspecified atom stereocenters. The maximum absolute atomic E-state index is 9.85. The molecule has 0 bridgehead atoms. The van der Waals surface area contributed by atoms with E-state index in [0.29, 0.717) is 19.8 Å². The number of aliphatic imine (C=N–C) groups is 1. The zero-order chi connectivity index (χ0) is 10.2. The zero-order valence-corrected chi connectivity index (χ0v) is 10.1. The molecule has 0 atom stereocenters. The molecule has 13 heavy (non-hydrogen) atoms. The number of nitrogens with zero attached hydrogens (tertiary/aromatic N) is 1. The second-order valence-corrected chi connectivity index (χ2v) is 7.95. The van der Waals surface area contributed by atoms with Crippen molar-refractivity contribution in [2.45, 2.75) is 23.8 Å². The molecule has 0 aromatic heterocycles. The molecule has 0 saturated heterocycles. The second kappa shape index (κ2) is 7.42. The Bertz CT molecular complexity index is 174. The summed E-state index contributed by atoms with van der Waals surface area (Å²) < 4.78 is 11.9. The van der Waals surface area contributed by atoms with Crippen LogP contribution in [0.3, 0.4) is 0 Å². The first-order chi connectivity index (χ1) is 6.18. The van der Waals surface area contributed by atoms with Gasteiger partial charge in [-0.2, -0.15) is 0 Å². The number of rotatable bonds is 7. The zero-order valence-electron chi connectivity index (χ0n) is 8.50. The van der Waals surface area contributed by atoms with Crippen molar-refractivity contribution in [2.24, 2.45) is 4.99 Å². The van der Waals surface area contributed by atoms with Crippen LogP contribution in [0.25, 0.3) is 0 Å². The van der Waals surface area contributed by atoms with Crippen molar-refractivity contribution in [3.8, 4) is 0 Å². The molecule has 0 aromatic rings. The summed E-state index contributed by atoms with van der Waals surface area (Å²) in [4.78, 5) is 13.4. The van der Waals surface area contributed by atoms with Crippen molar-refractivity contribution in [3.63, 3.8) is 0 Å². The summed E-state index contributed by atoms with van der Waals surface area (Å²) in [6.45, 7) is 5.71. The van der Waals surface area contributed by atoms with Gasteiger partial charge in [0.1, 0.15) is 0 Å². The summed E-state index contributed by atoms with van der Waals surface area (Å²) in [7, 11) is 0. The molecule has 0 amide bonds. The quantitative estimate of drug-likeness (QED) is 0.376. The van der Waals surface area contributed by atoms with Gasteiger partial charge in [0.25, 0.3) is 0 Å². The normalized spacial score (nSPS) is 11.0. The van der Waals surface area contributed by atoms with Gasteiger partial charge in [0.05, 0.1) is 0 Å². The van der Waals surface area contributed by atoms with E-state index in [9.17, 15) is 4.79 Å². The topological polar surface area (TPSA) is 47.9 Å². The van der Waals surface area contributed by atoms with Crippen molar-refractivity contribution in [1.82, 2.24) is 0 Å². The van der Waals surface area contributed by atoms with E-state index in [4.69, 9.17) is 6.64 Å². The molecule has 0 rings (SSSR count). The average Bonchev–Trinajstić information content (AvgIpc) is 2.05. The molecule has 76 valence electrons. The first-order valence-corrected chi connectivity index (χ1v) is 8.44. The minimum atomic E-state index is -2.56. The third-order valence-corrected chi connectivity index (χ3v) is 6.22. The van der Waals surface area contributed by atoms with Gasteiger partial charge in [0, 0.05) is 0 Å². The van der Waals surface area contributed by atoms with E-state index < -0.39 is 17.4 Å². The summed E-state index contributed by atoms with van der Waals surface area (Å²) in [6, 6.07) is 0. The van der Waals surface area contributed by atoms with Crippen molar-refractivity contribution < 1.29 is 28.8 Å². The van der Waals surface area contributed by atoms with Crippen LogP contribution in [0.5, 0.6) is 0 Å². The van der Waals surface area contributed by atoms with Crippen molar-refractivity contribution in [2.75, 3.05) is 19.8 Å². The molecule has 0 aliphatic rings. The van der Waals surface area contributed by atoms with E-state index in [1.54, 1.807) is 0 Å². The summed E-state index contributed by atoms with van der Waals surface area (Å²) in [6.07, 6.45) is 1.52. The molecule has 0 spiro atoms. The Morgan fingerprint density at radius 1 is 1.31 bits per heavy atom. The van der Waals surface area contributed by atoms with Gasteiger partial charge in [-0.15, -0.1) is 0 Å². The molecular weight excluding hydrogens is 206 g/mol. The van der Waals surface area contributed by atoms with Gasteiger partial charge in [0.2, 0.25) is 0 Å². The van der Waals surface area contributed by atoms with Crippen LogP contribution in [-0.2, 0) is 28.8 Å². The van der Waals surface area contributed by atoms with Crippen LogP contribution in [0.4, 0.5) is 0 Å². The standard InChI is InChI=1S/C3H4NO.2C2H5O.CH3.Ti/c1-2-4-3-5;2*1-2-3;;/h1-2H2;2*2H2,1H3;1H3;/q;2*-1;;+2. The third-order valence-electron chi connectivity index (χ3n) is 1.64. The van der Waals surface area contributed by atoms with Crippen LogP contribution in [0.15, 0.2) is 4.99 Å². The summed E-state index contributed by atoms with van der Waals surface area (Å²) in [5.41, 5.74) is 0.